The highest BCUT2D eigenvalue weighted by Gasteiger charge is 2.33. The van der Waals surface area contributed by atoms with Crippen molar-refractivity contribution in [1.82, 2.24) is 24.6 Å². The van der Waals surface area contributed by atoms with Crippen LogP contribution < -0.4 is 5.32 Å². The summed E-state index contributed by atoms with van der Waals surface area (Å²) in [4.78, 5) is 16.1. The Morgan fingerprint density at radius 2 is 2.22 bits per heavy atom. The van der Waals surface area contributed by atoms with Crippen LogP contribution in [-0.2, 0) is 11.3 Å². The average molecular weight is 317 g/mol. The molecule has 7 heteroatoms. The molecule has 7 nitrogen and oxygen atoms in total. The van der Waals surface area contributed by atoms with Crippen LogP contribution in [-0.4, -0.2) is 42.5 Å². The van der Waals surface area contributed by atoms with E-state index in [1.165, 1.54) is 0 Å². The minimum Gasteiger partial charge on any atom is -0.389 e. The first kappa shape index (κ1) is 15.7. The van der Waals surface area contributed by atoms with Gasteiger partial charge < -0.3 is 15.0 Å². The molecule has 0 spiro atoms. The monoisotopic (exact) mass is 317 g/mol. The van der Waals surface area contributed by atoms with Crippen LogP contribution in [0.25, 0.3) is 0 Å². The summed E-state index contributed by atoms with van der Waals surface area (Å²) >= 11 is 0. The number of amides is 1. The summed E-state index contributed by atoms with van der Waals surface area (Å²) in [5.74, 6) is -0.00696. The molecular formula is C16H23N5O2. The van der Waals surface area contributed by atoms with Gasteiger partial charge >= 0.3 is 0 Å². The molecule has 2 aromatic heterocycles. The molecule has 3 rings (SSSR count). The van der Waals surface area contributed by atoms with E-state index in [0.29, 0.717) is 6.42 Å². The second-order valence-electron chi connectivity index (χ2n) is 6.05. The van der Waals surface area contributed by atoms with E-state index >= 15 is 0 Å². The minimum atomic E-state index is -0.576. The average Bonchev–Trinajstić information content (AvgIpc) is 3.22. The molecule has 0 aliphatic heterocycles. The van der Waals surface area contributed by atoms with Gasteiger partial charge in [0.1, 0.15) is 0 Å². The third-order valence-electron chi connectivity index (χ3n) is 4.43. The SMILES string of the molecule is O=C(CCCn1cccn1)N[C@@H]1CCC[C@@H](n2ccnc2)[C@@H]1O. The fourth-order valence-corrected chi connectivity index (χ4v) is 3.22. The highest BCUT2D eigenvalue weighted by molar-refractivity contribution is 5.76. The van der Waals surface area contributed by atoms with Crippen LogP contribution in [0.5, 0.6) is 0 Å². The summed E-state index contributed by atoms with van der Waals surface area (Å²) < 4.78 is 3.75. The number of carbonyl (C=O) groups is 1. The summed E-state index contributed by atoms with van der Waals surface area (Å²) in [6.45, 7) is 0.727. The normalized spacial score (nSPS) is 24.5. The zero-order valence-corrected chi connectivity index (χ0v) is 13.1. The largest absolute Gasteiger partial charge is 0.389 e. The topological polar surface area (TPSA) is 85.0 Å². The lowest BCUT2D eigenvalue weighted by Crippen LogP contribution is -2.49. The Balaban J connectivity index is 1.47. The Morgan fingerprint density at radius 1 is 1.30 bits per heavy atom. The maximum atomic E-state index is 12.1. The van der Waals surface area contributed by atoms with Crippen LogP contribution >= 0.6 is 0 Å². The Morgan fingerprint density at radius 3 is 2.96 bits per heavy atom. The number of nitrogens with zero attached hydrogens (tertiary/aromatic N) is 4. The number of aryl methyl sites for hydroxylation is 1. The van der Waals surface area contributed by atoms with E-state index in [1.807, 2.05) is 27.7 Å². The first-order chi connectivity index (χ1) is 11.2. The van der Waals surface area contributed by atoms with Crippen molar-refractivity contribution >= 4 is 5.91 Å². The maximum absolute atomic E-state index is 12.1. The van der Waals surface area contributed by atoms with Gasteiger partial charge in [0.05, 0.1) is 24.5 Å². The molecule has 1 fully saturated rings. The Bertz CT molecular complexity index is 596. The molecule has 0 unspecified atom stereocenters. The quantitative estimate of drug-likeness (QED) is 0.836. The zero-order chi connectivity index (χ0) is 16.1. The van der Waals surface area contributed by atoms with Crippen LogP contribution in [0.4, 0.5) is 0 Å². The number of nitrogens with one attached hydrogen (secondary N) is 1. The van der Waals surface area contributed by atoms with Gasteiger partial charge in [-0.05, 0) is 31.7 Å². The second kappa shape index (κ2) is 7.41. The van der Waals surface area contributed by atoms with E-state index in [4.69, 9.17) is 0 Å². The summed E-state index contributed by atoms with van der Waals surface area (Å²) in [6.07, 6.45) is 12.2. The molecule has 1 saturated carbocycles. The lowest BCUT2D eigenvalue weighted by molar-refractivity contribution is -0.123. The highest BCUT2D eigenvalue weighted by Crippen LogP contribution is 2.28. The van der Waals surface area contributed by atoms with Gasteiger partial charge in [0.15, 0.2) is 0 Å². The van der Waals surface area contributed by atoms with Gasteiger partial charge in [0.25, 0.3) is 0 Å². The summed E-state index contributed by atoms with van der Waals surface area (Å²) in [7, 11) is 0. The molecule has 23 heavy (non-hydrogen) atoms. The Kier molecular flexibility index (Phi) is 5.07. The predicted octanol–water partition coefficient (Wildman–Crippen LogP) is 1.13. The minimum absolute atomic E-state index is 0.00696. The summed E-state index contributed by atoms with van der Waals surface area (Å²) in [5, 5.41) is 17.7. The van der Waals surface area contributed by atoms with E-state index in [-0.39, 0.29) is 18.0 Å². The molecule has 124 valence electrons. The number of aliphatic hydroxyl groups is 1. The van der Waals surface area contributed by atoms with E-state index < -0.39 is 6.10 Å². The van der Waals surface area contributed by atoms with Crippen LogP contribution in [0.15, 0.2) is 37.2 Å². The van der Waals surface area contributed by atoms with Crippen molar-refractivity contribution in [2.75, 3.05) is 0 Å². The third kappa shape index (κ3) is 3.98. The highest BCUT2D eigenvalue weighted by atomic mass is 16.3. The van der Waals surface area contributed by atoms with Crippen molar-refractivity contribution in [2.24, 2.45) is 0 Å². The molecule has 2 aromatic rings. The number of hydrogen-bond donors (Lipinski definition) is 2. The van der Waals surface area contributed by atoms with E-state index in [0.717, 1.165) is 32.2 Å². The molecule has 0 saturated heterocycles. The molecule has 1 aliphatic rings. The number of aliphatic hydroxyl groups excluding tert-OH is 1. The van der Waals surface area contributed by atoms with E-state index in [9.17, 15) is 9.90 Å². The van der Waals surface area contributed by atoms with Crippen molar-refractivity contribution in [2.45, 2.75) is 56.8 Å². The fraction of sp³-hybridized carbons (Fsp3) is 0.562. The zero-order valence-electron chi connectivity index (χ0n) is 13.1. The van der Waals surface area contributed by atoms with Crippen molar-refractivity contribution < 1.29 is 9.90 Å². The number of carbonyl (C=O) groups excluding carboxylic acids is 1. The Labute approximate surface area is 135 Å². The first-order valence-corrected chi connectivity index (χ1v) is 8.16. The van der Waals surface area contributed by atoms with E-state index in [2.05, 4.69) is 15.4 Å². The number of aromatic nitrogens is 4. The van der Waals surface area contributed by atoms with Gasteiger partial charge in [-0.15, -0.1) is 0 Å². The molecule has 1 amide bonds. The van der Waals surface area contributed by atoms with Gasteiger partial charge in [-0.25, -0.2) is 4.98 Å². The first-order valence-electron chi connectivity index (χ1n) is 8.16. The van der Waals surface area contributed by atoms with Crippen LogP contribution in [0, 0.1) is 0 Å². The molecule has 0 bridgehead atoms. The van der Waals surface area contributed by atoms with Crippen LogP contribution in [0.2, 0.25) is 0 Å². The van der Waals surface area contributed by atoms with Gasteiger partial charge in [0.2, 0.25) is 5.91 Å². The summed E-state index contributed by atoms with van der Waals surface area (Å²) in [5.41, 5.74) is 0. The lowest BCUT2D eigenvalue weighted by Gasteiger charge is -2.35. The van der Waals surface area contributed by atoms with E-state index in [1.54, 1.807) is 18.7 Å². The predicted molar refractivity (Wildman–Crippen MR) is 84.5 cm³/mol. The number of hydrogen-bond acceptors (Lipinski definition) is 4. The van der Waals surface area contributed by atoms with Gasteiger partial charge in [-0.2, -0.15) is 5.10 Å². The third-order valence-corrected chi connectivity index (χ3v) is 4.43. The smallest absolute Gasteiger partial charge is 0.220 e. The van der Waals surface area contributed by atoms with Crippen molar-refractivity contribution in [3.8, 4) is 0 Å². The standard InChI is InChI=1S/C16H23N5O2/c22-15(6-2-9-21-10-3-7-18-21)19-13-4-1-5-14(16(13)23)20-11-8-17-12-20/h3,7-8,10-14,16,23H,1-2,4-6,9H2,(H,19,22)/t13-,14-,16-/m1/s1. The number of imidazole rings is 1. The van der Waals surface area contributed by atoms with Crippen molar-refractivity contribution in [3.63, 3.8) is 0 Å². The fourth-order valence-electron chi connectivity index (χ4n) is 3.22. The molecule has 0 radical (unpaired) electrons. The van der Waals surface area contributed by atoms with Gasteiger partial charge in [-0.1, -0.05) is 0 Å². The second-order valence-corrected chi connectivity index (χ2v) is 6.05. The molecule has 1 aliphatic carbocycles. The number of rotatable bonds is 6. The van der Waals surface area contributed by atoms with Gasteiger partial charge in [-0.3, -0.25) is 9.48 Å². The Hall–Kier alpha value is -2.15. The van der Waals surface area contributed by atoms with Gasteiger partial charge in [0, 0.05) is 37.8 Å². The van der Waals surface area contributed by atoms with Crippen LogP contribution in [0.1, 0.15) is 38.1 Å². The lowest BCUT2D eigenvalue weighted by atomic mass is 9.88. The maximum Gasteiger partial charge on any atom is 0.220 e. The van der Waals surface area contributed by atoms with Crippen molar-refractivity contribution in [3.05, 3.63) is 37.2 Å². The van der Waals surface area contributed by atoms with Crippen molar-refractivity contribution in [1.29, 1.82) is 0 Å². The molecule has 2 heterocycles. The molecular weight excluding hydrogens is 294 g/mol. The molecule has 0 aromatic carbocycles. The molecule has 3 atom stereocenters. The molecule has 2 N–H and O–H groups in total. The van der Waals surface area contributed by atoms with Crippen LogP contribution in [0.3, 0.4) is 0 Å². The summed E-state index contributed by atoms with van der Waals surface area (Å²) in [6, 6.07) is 1.67.